The highest BCUT2D eigenvalue weighted by Crippen LogP contribution is 2.31. The molecule has 1 fully saturated rings. The van der Waals surface area contributed by atoms with Crippen molar-refractivity contribution < 1.29 is 14.0 Å². The van der Waals surface area contributed by atoms with Crippen molar-refractivity contribution in [2.45, 2.75) is 13.1 Å². The van der Waals surface area contributed by atoms with Crippen molar-refractivity contribution in [3.63, 3.8) is 0 Å². The van der Waals surface area contributed by atoms with Crippen molar-refractivity contribution in [2.75, 3.05) is 11.9 Å². The Balaban J connectivity index is 1.44. The quantitative estimate of drug-likeness (QED) is 0.301. The number of fused-ring (bicyclic) bond motifs is 1. The molecule has 0 aliphatic carbocycles. The average molecular weight is 505 g/mol. The summed E-state index contributed by atoms with van der Waals surface area (Å²) in [6, 6.07) is 18.3. The van der Waals surface area contributed by atoms with Gasteiger partial charge in [0.15, 0.2) is 5.11 Å². The molecule has 2 aromatic heterocycles. The van der Waals surface area contributed by atoms with Gasteiger partial charge in [0.2, 0.25) is 5.91 Å². The highest BCUT2D eigenvalue weighted by atomic mass is 35.5. The average Bonchev–Trinajstić information content (AvgIpc) is 3.55. The number of carbonyl (C=O) groups is 2. The van der Waals surface area contributed by atoms with Crippen LogP contribution >= 0.6 is 23.8 Å². The molecule has 7 nitrogen and oxygen atoms in total. The lowest BCUT2D eigenvalue weighted by molar-refractivity contribution is -0.121. The van der Waals surface area contributed by atoms with E-state index in [9.17, 15) is 9.59 Å². The highest BCUT2D eigenvalue weighted by molar-refractivity contribution is 7.80. The van der Waals surface area contributed by atoms with Gasteiger partial charge in [0.1, 0.15) is 18.0 Å². The Morgan fingerprint density at radius 3 is 2.63 bits per heavy atom. The van der Waals surface area contributed by atoms with E-state index in [0.717, 1.165) is 16.5 Å². The number of carbonyl (C=O) groups excluding carboxylic acids is 2. The Morgan fingerprint density at radius 1 is 1.11 bits per heavy atom. The Bertz CT molecular complexity index is 1460. The molecule has 0 unspecified atom stereocenters. The molecule has 5 rings (SSSR count). The van der Waals surface area contributed by atoms with E-state index in [1.165, 1.54) is 4.90 Å². The maximum absolute atomic E-state index is 13.4. The van der Waals surface area contributed by atoms with Crippen LogP contribution in [0.5, 0.6) is 0 Å². The lowest BCUT2D eigenvalue weighted by atomic mass is 10.1. The fraction of sp³-hybridized carbons (Fsp3) is 0.115. The molecule has 35 heavy (non-hydrogen) atoms. The summed E-state index contributed by atoms with van der Waals surface area (Å²) in [5.41, 5.74) is 2.79. The van der Waals surface area contributed by atoms with Gasteiger partial charge in [-0.25, -0.2) is 0 Å². The van der Waals surface area contributed by atoms with Crippen LogP contribution in [0.25, 0.3) is 17.0 Å². The number of nitrogens with one attached hydrogen (secondary N) is 1. The fourth-order valence-corrected chi connectivity index (χ4v) is 4.46. The number of benzene rings is 2. The van der Waals surface area contributed by atoms with Crippen LogP contribution < -0.4 is 10.2 Å². The molecule has 1 N–H and O–H groups in total. The van der Waals surface area contributed by atoms with Gasteiger partial charge >= 0.3 is 0 Å². The summed E-state index contributed by atoms with van der Waals surface area (Å²) in [4.78, 5) is 29.1. The van der Waals surface area contributed by atoms with E-state index in [0.29, 0.717) is 33.8 Å². The number of likely N-dealkylation sites (N-methyl/N-ethyl adjacent to an activating group) is 1. The van der Waals surface area contributed by atoms with E-state index in [2.05, 4.69) is 5.32 Å². The molecule has 1 saturated heterocycles. The number of furan rings is 1. The van der Waals surface area contributed by atoms with Crippen LogP contribution in [0.2, 0.25) is 5.02 Å². The normalized spacial score (nSPS) is 15.0. The Kier molecular flexibility index (Phi) is 6.15. The summed E-state index contributed by atoms with van der Waals surface area (Å²) in [5.74, 6) is 0.309. The first-order valence-corrected chi connectivity index (χ1v) is 11.7. The van der Waals surface area contributed by atoms with Crippen molar-refractivity contribution in [3.8, 4) is 0 Å². The topological polar surface area (TPSA) is 70.7 Å². The molecule has 2 amide bonds. The summed E-state index contributed by atoms with van der Waals surface area (Å²) in [7, 11) is 1.77. The molecule has 0 spiro atoms. The van der Waals surface area contributed by atoms with Gasteiger partial charge in [-0.3, -0.25) is 14.5 Å². The van der Waals surface area contributed by atoms with Crippen molar-refractivity contribution in [3.05, 3.63) is 95.2 Å². The molecule has 1 aliphatic heterocycles. The molecule has 0 atom stereocenters. The Labute approximate surface area is 212 Å². The molecule has 1 aliphatic rings. The van der Waals surface area contributed by atoms with Gasteiger partial charge in [0, 0.05) is 34.7 Å². The molecular weight excluding hydrogens is 484 g/mol. The Morgan fingerprint density at radius 2 is 1.89 bits per heavy atom. The van der Waals surface area contributed by atoms with Gasteiger partial charge in [0.05, 0.1) is 18.5 Å². The lowest BCUT2D eigenvalue weighted by Crippen LogP contribution is -2.31. The van der Waals surface area contributed by atoms with Crippen LogP contribution in [-0.4, -0.2) is 33.4 Å². The summed E-state index contributed by atoms with van der Waals surface area (Å²) in [6.07, 6.45) is 5.26. The molecule has 176 valence electrons. The van der Waals surface area contributed by atoms with Crippen LogP contribution in [-0.2, 0) is 22.7 Å². The van der Waals surface area contributed by atoms with Crippen LogP contribution in [0.15, 0.2) is 83.2 Å². The van der Waals surface area contributed by atoms with E-state index >= 15 is 0 Å². The Hall–Kier alpha value is -3.88. The van der Waals surface area contributed by atoms with Crippen LogP contribution in [0.3, 0.4) is 0 Å². The predicted octanol–water partition coefficient (Wildman–Crippen LogP) is 4.81. The number of hydrogen-bond donors (Lipinski definition) is 1. The van der Waals surface area contributed by atoms with E-state index in [1.807, 2.05) is 47.2 Å². The van der Waals surface area contributed by atoms with Crippen LogP contribution in [0.1, 0.15) is 11.3 Å². The number of halogens is 1. The van der Waals surface area contributed by atoms with E-state index in [1.54, 1.807) is 48.5 Å². The fourth-order valence-electron chi connectivity index (χ4n) is 4.05. The first-order chi connectivity index (χ1) is 16.9. The maximum atomic E-state index is 13.4. The summed E-state index contributed by atoms with van der Waals surface area (Å²) in [6.45, 7) is 0.447. The predicted molar refractivity (Wildman–Crippen MR) is 140 cm³/mol. The van der Waals surface area contributed by atoms with Crippen molar-refractivity contribution >= 4 is 63.4 Å². The highest BCUT2D eigenvalue weighted by Gasteiger charge is 2.37. The van der Waals surface area contributed by atoms with E-state index in [4.69, 9.17) is 28.2 Å². The van der Waals surface area contributed by atoms with Crippen molar-refractivity contribution in [2.24, 2.45) is 0 Å². The second-order valence-electron chi connectivity index (χ2n) is 8.07. The van der Waals surface area contributed by atoms with Crippen LogP contribution in [0.4, 0.5) is 5.69 Å². The van der Waals surface area contributed by atoms with Gasteiger partial charge in [-0.05, 0) is 60.8 Å². The van der Waals surface area contributed by atoms with Crippen molar-refractivity contribution in [1.29, 1.82) is 0 Å². The minimum absolute atomic E-state index is 0.128. The molecular formula is C26H21ClN4O3S. The zero-order valence-electron chi connectivity index (χ0n) is 18.8. The summed E-state index contributed by atoms with van der Waals surface area (Å²) < 4.78 is 7.14. The molecule has 3 heterocycles. The third-order valence-electron chi connectivity index (χ3n) is 5.81. The number of amides is 2. The number of para-hydroxylation sites is 1. The minimum Gasteiger partial charge on any atom is -0.467 e. The largest absolute Gasteiger partial charge is 0.467 e. The number of rotatable bonds is 6. The molecule has 9 heteroatoms. The number of hydrogen-bond acceptors (Lipinski definition) is 4. The first kappa shape index (κ1) is 22.9. The SMILES string of the molecule is CN1C(=S)N(c2ccc(Cl)cc2)C(=O)/C1=C/c1cn(CC(=O)NCc2ccco2)c2ccccc12. The van der Waals surface area contributed by atoms with Crippen LogP contribution in [0, 0.1) is 0 Å². The minimum atomic E-state index is -0.229. The smallest absolute Gasteiger partial charge is 0.281 e. The van der Waals surface area contributed by atoms with Gasteiger partial charge in [-0.1, -0.05) is 29.8 Å². The van der Waals surface area contributed by atoms with Gasteiger partial charge in [0.25, 0.3) is 5.91 Å². The lowest BCUT2D eigenvalue weighted by Gasteiger charge is -2.16. The van der Waals surface area contributed by atoms with E-state index in [-0.39, 0.29) is 18.4 Å². The maximum Gasteiger partial charge on any atom is 0.281 e. The first-order valence-electron chi connectivity index (χ1n) is 10.9. The number of aromatic nitrogens is 1. The second kappa shape index (κ2) is 9.40. The second-order valence-corrected chi connectivity index (χ2v) is 8.88. The zero-order valence-corrected chi connectivity index (χ0v) is 20.3. The molecule has 0 bridgehead atoms. The molecule has 0 radical (unpaired) electrons. The number of nitrogens with zero attached hydrogens (tertiary/aromatic N) is 3. The number of anilines is 1. The monoisotopic (exact) mass is 504 g/mol. The molecule has 4 aromatic rings. The summed E-state index contributed by atoms with van der Waals surface area (Å²) in [5, 5.41) is 4.75. The molecule has 0 saturated carbocycles. The zero-order chi connectivity index (χ0) is 24.5. The van der Waals surface area contributed by atoms with Crippen molar-refractivity contribution in [1.82, 2.24) is 14.8 Å². The number of thiocarbonyl (C=S) groups is 1. The summed E-state index contributed by atoms with van der Waals surface area (Å²) >= 11 is 11.6. The molecule has 2 aromatic carbocycles. The van der Waals surface area contributed by atoms with E-state index < -0.39 is 0 Å². The third-order valence-corrected chi connectivity index (χ3v) is 6.52. The third kappa shape index (κ3) is 4.45. The van der Waals surface area contributed by atoms with Gasteiger partial charge < -0.3 is 19.2 Å². The van der Waals surface area contributed by atoms with Gasteiger partial charge in [-0.15, -0.1) is 0 Å². The standard InChI is InChI=1S/C26H21ClN4O3S/c1-29-23(25(33)31(26(29)35)19-10-8-18(27)9-11-19)13-17-15-30(22-7-3-2-6-21(17)22)16-24(32)28-14-20-5-4-12-34-20/h2-13,15H,14,16H2,1H3,(H,28,32)/b23-13-. The van der Waals surface area contributed by atoms with Gasteiger partial charge in [-0.2, -0.15) is 0 Å².